The number of benzene rings is 1. The lowest BCUT2D eigenvalue weighted by molar-refractivity contribution is 0.201. The molecule has 1 atom stereocenters. The summed E-state index contributed by atoms with van der Waals surface area (Å²) in [6, 6.07) is 7.61. The normalized spacial score (nSPS) is 17.0. The molecule has 1 aromatic carbocycles. The number of anilines is 1. The van der Waals surface area contributed by atoms with Crippen LogP contribution in [0.15, 0.2) is 55.4 Å². The van der Waals surface area contributed by atoms with Gasteiger partial charge in [-0.05, 0) is 37.1 Å². The minimum Gasteiger partial charge on any atom is -0.335 e. The van der Waals surface area contributed by atoms with Crippen LogP contribution in [0.3, 0.4) is 0 Å². The van der Waals surface area contributed by atoms with E-state index in [1.807, 2.05) is 39.9 Å². The van der Waals surface area contributed by atoms with Crippen LogP contribution in [0.25, 0.3) is 5.69 Å². The van der Waals surface area contributed by atoms with Crippen molar-refractivity contribution in [1.29, 1.82) is 0 Å². The van der Waals surface area contributed by atoms with Gasteiger partial charge in [-0.1, -0.05) is 0 Å². The van der Waals surface area contributed by atoms with Gasteiger partial charge in [-0.25, -0.2) is 9.78 Å². The first kappa shape index (κ1) is 15.4. The molecular weight excluding hydrogens is 318 g/mol. The molecule has 1 unspecified atom stereocenters. The number of carbonyl (C=O) groups excluding carboxylic acids is 1. The fourth-order valence-electron chi connectivity index (χ4n) is 3.15. The molecule has 2 aromatic heterocycles. The number of hydrogen-bond donors (Lipinski definition) is 1. The van der Waals surface area contributed by atoms with Crippen LogP contribution in [0.1, 0.15) is 12.8 Å². The highest BCUT2D eigenvalue weighted by Gasteiger charge is 2.28. The average molecular weight is 337 g/mol. The zero-order valence-corrected chi connectivity index (χ0v) is 13.7. The average Bonchev–Trinajstić information content (AvgIpc) is 3.39. The highest BCUT2D eigenvalue weighted by Crippen LogP contribution is 2.21. The highest BCUT2D eigenvalue weighted by molar-refractivity contribution is 5.89. The molecule has 1 aliphatic rings. The molecule has 2 amide bonds. The number of carbonyl (C=O) groups is 1. The molecule has 1 saturated heterocycles. The maximum absolute atomic E-state index is 12.6. The van der Waals surface area contributed by atoms with Gasteiger partial charge in [0.2, 0.25) is 0 Å². The lowest BCUT2D eigenvalue weighted by atomic mass is 10.2. The van der Waals surface area contributed by atoms with Crippen LogP contribution in [0.2, 0.25) is 0 Å². The number of imidazole rings is 1. The zero-order chi connectivity index (χ0) is 17.1. The Bertz CT molecular complexity index is 811. The first-order chi connectivity index (χ1) is 12.3. The molecule has 0 saturated carbocycles. The maximum atomic E-state index is 12.6. The van der Waals surface area contributed by atoms with Crippen molar-refractivity contribution in [1.82, 2.24) is 29.4 Å². The third-order valence-electron chi connectivity index (χ3n) is 4.39. The van der Waals surface area contributed by atoms with Crippen molar-refractivity contribution >= 4 is 11.7 Å². The van der Waals surface area contributed by atoms with Crippen LogP contribution >= 0.6 is 0 Å². The van der Waals surface area contributed by atoms with Crippen LogP contribution in [-0.2, 0) is 6.54 Å². The minimum absolute atomic E-state index is 0.0624. The topological polar surface area (TPSA) is 80.9 Å². The van der Waals surface area contributed by atoms with Gasteiger partial charge < -0.3 is 14.8 Å². The summed E-state index contributed by atoms with van der Waals surface area (Å²) in [5.74, 6) is 0. The van der Waals surface area contributed by atoms with E-state index in [1.165, 1.54) is 4.80 Å². The van der Waals surface area contributed by atoms with Crippen LogP contribution in [0, 0.1) is 0 Å². The minimum atomic E-state index is -0.0624. The summed E-state index contributed by atoms with van der Waals surface area (Å²) in [5.41, 5.74) is 1.61. The third kappa shape index (κ3) is 3.37. The van der Waals surface area contributed by atoms with Gasteiger partial charge in [0.1, 0.15) is 0 Å². The second-order valence-corrected chi connectivity index (χ2v) is 6.04. The molecule has 0 aliphatic carbocycles. The molecule has 25 heavy (non-hydrogen) atoms. The summed E-state index contributed by atoms with van der Waals surface area (Å²) in [6.45, 7) is 1.55. The lowest BCUT2D eigenvalue weighted by Gasteiger charge is -2.25. The SMILES string of the molecule is O=C(Nc1ccc(-n2nccn2)cc1)N1CCCC1Cn1ccnc1. The Morgan fingerprint density at radius 3 is 2.68 bits per heavy atom. The molecule has 8 nitrogen and oxygen atoms in total. The Labute approximate surface area is 145 Å². The monoisotopic (exact) mass is 337 g/mol. The van der Waals surface area contributed by atoms with E-state index >= 15 is 0 Å². The molecule has 0 spiro atoms. The van der Waals surface area contributed by atoms with Gasteiger partial charge in [0.15, 0.2) is 0 Å². The Morgan fingerprint density at radius 2 is 1.96 bits per heavy atom. The van der Waals surface area contributed by atoms with E-state index in [0.29, 0.717) is 0 Å². The molecule has 8 heteroatoms. The van der Waals surface area contributed by atoms with Gasteiger partial charge in [0, 0.05) is 31.2 Å². The van der Waals surface area contributed by atoms with Gasteiger partial charge >= 0.3 is 6.03 Å². The number of amides is 2. The predicted octanol–water partition coefficient (Wildman–Crippen LogP) is 2.16. The number of hydrogen-bond acceptors (Lipinski definition) is 4. The lowest BCUT2D eigenvalue weighted by Crippen LogP contribution is -2.40. The van der Waals surface area contributed by atoms with E-state index in [9.17, 15) is 4.79 Å². The predicted molar refractivity (Wildman–Crippen MR) is 92.3 cm³/mol. The molecule has 4 rings (SSSR count). The van der Waals surface area contributed by atoms with E-state index in [0.717, 1.165) is 37.3 Å². The van der Waals surface area contributed by atoms with Crippen LogP contribution in [0.5, 0.6) is 0 Å². The molecule has 0 radical (unpaired) electrons. The van der Waals surface area contributed by atoms with E-state index in [4.69, 9.17) is 0 Å². The number of rotatable bonds is 4. The van der Waals surface area contributed by atoms with Gasteiger partial charge in [-0.2, -0.15) is 15.0 Å². The van der Waals surface area contributed by atoms with Crippen LogP contribution in [-0.4, -0.2) is 48.1 Å². The van der Waals surface area contributed by atoms with Crippen molar-refractivity contribution in [2.75, 3.05) is 11.9 Å². The Hall–Kier alpha value is -3.16. The van der Waals surface area contributed by atoms with E-state index in [-0.39, 0.29) is 12.1 Å². The molecule has 3 aromatic rings. The third-order valence-corrected chi connectivity index (χ3v) is 4.39. The summed E-state index contributed by atoms with van der Waals surface area (Å²) in [5, 5.41) is 11.2. The Balaban J connectivity index is 1.40. The molecule has 0 bridgehead atoms. The number of urea groups is 1. The fourth-order valence-corrected chi connectivity index (χ4v) is 3.15. The molecule has 1 aliphatic heterocycles. The molecule has 128 valence electrons. The standard InChI is InChI=1S/C17H19N7O/c25-17(23-10-1-2-16(23)12-22-11-9-18-13-22)21-14-3-5-15(6-4-14)24-19-7-8-20-24/h3-9,11,13,16H,1-2,10,12H2,(H,21,25). The van der Waals surface area contributed by atoms with Gasteiger partial charge in [0.25, 0.3) is 0 Å². The number of nitrogens with one attached hydrogen (secondary N) is 1. The van der Waals surface area contributed by atoms with Crippen LogP contribution in [0.4, 0.5) is 10.5 Å². The largest absolute Gasteiger partial charge is 0.335 e. The summed E-state index contributed by atoms with van der Waals surface area (Å²) in [4.78, 5) is 20.1. The van der Waals surface area contributed by atoms with Crippen molar-refractivity contribution in [3.05, 3.63) is 55.4 Å². The summed E-state index contributed by atoms with van der Waals surface area (Å²) in [7, 11) is 0. The van der Waals surface area contributed by atoms with E-state index in [1.54, 1.807) is 24.9 Å². The number of likely N-dealkylation sites (tertiary alicyclic amines) is 1. The Kier molecular flexibility index (Phi) is 4.16. The van der Waals surface area contributed by atoms with Crippen molar-refractivity contribution in [3.8, 4) is 5.69 Å². The first-order valence-corrected chi connectivity index (χ1v) is 8.30. The van der Waals surface area contributed by atoms with Crippen molar-refractivity contribution < 1.29 is 4.79 Å². The second-order valence-electron chi connectivity index (χ2n) is 6.04. The summed E-state index contributed by atoms with van der Waals surface area (Å²) in [6.07, 6.45) is 10.8. The number of nitrogens with zero attached hydrogens (tertiary/aromatic N) is 6. The summed E-state index contributed by atoms with van der Waals surface area (Å²) < 4.78 is 2.02. The number of aromatic nitrogens is 5. The van der Waals surface area contributed by atoms with E-state index < -0.39 is 0 Å². The van der Waals surface area contributed by atoms with Crippen LogP contribution < -0.4 is 5.32 Å². The van der Waals surface area contributed by atoms with E-state index in [2.05, 4.69) is 20.5 Å². The molecule has 1 fully saturated rings. The maximum Gasteiger partial charge on any atom is 0.322 e. The molecule has 3 heterocycles. The zero-order valence-electron chi connectivity index (χ0n) is 13.7. The summed E-state index contributed by atoms with van der Waals surface area (Å²) >= 11 is 0. The van der Waals surface area contributed by atoms with Crippen molar-refractivity contribution in [2.45, 2.75) is 25.4 Å². The van der Waals surface area contributed by atoms with Gasteiger partial charge in [0.05, 0.1) is 30.5 Å². The molecule has 1 N–H and O–H groups in total. The smallest absolute Gasteiger partial charge is 0.322 e. The Morgan fingerprint density at radius 1 is 1.16 bits per heavy atom. The highest BCUT2D eigenvalue weighted by atomic mass is 16.2. The first-order valence-electron chi connectivity index (χ1n) is 8.30. The van der Waals surface area contributed by atoms with Crippen molar-refractivity contribution in [3.63, 3.8) is 0 Å². The van der Waals surface area contributed by atoms with Crippen molar-refractivity contribution in [2.24, 2.45) is 0 Å². The van der Waals surface area contributed by atoms with Gasteiger partial charge in [-0.15, -0.1) is 0 Å². The van der Waals surface area contributed by atoms with Gasteiger partial charge in [-0.3, -0.25) is 0 Å². The quantitative estimate of drug-likeness (QED) is 0.791. The molecular formula is C17H19N7O. The fraction of sp³-hybridized carbons (Fsp3) is 0.294. The second kappa shape index (κ2) is 6.76.